The number of aromatic nitrogens is 1. The minimum atomic E-state index is 0.344. The lowest BCUT2D eigenvalue weighted by molar-refractivity contribution is 0.131. The Morgan fingerprint density at radius 1 is 1.45 bits per heavy atom. The van der Waals surface area contributed by atoms with Gasteiger partial charge in [0.15, 0.2) is 0 Å². The molecule has 1 saturated carbocycles. The molecule has 0 radical (unpaired) electrons. The van der Waals surface area contributed by atoms with Crippen molar-refractivity contribution in [2.24, 2.45) is 5.92 Å². The maximum atomic E-state index is 5.67. The van der Waals surface area contributed by atoms with Gasteiger partial charge in [0.2, 0.25) is 0 Å². The van der Waals surface area contributed by atoms with Gasteiger partial charge >= 0.3 is 0 Å². The largest absolute Gasteiger partial charge is 0.379 e. The maximum absolute atomic E-state index is 5.67. The van der Waals surface area contributed by atoms with Crippen molar-refractivity contribution in [2.45, 2.75) is 32.2 Å². The molecule has 1 aromatic rings. The van der Waals surface area contributed by atoms with E-state index in [-0.39, 0.29) is 0 Å². The smallest absolute Gasteiger partial charge is 0.0641 e. The van der Waals surface area contributed by atoms with Crippen LogP contribution in [0.3, 0.4) is 0 Å². The molecule has 1 unspecified atom stereocenters. The molecule has 0 amide bonds. The number of nitrogens with one attached hydrogen (secondary N) is 1. The van der Waals surface area contributed by atoms with Crippen LogP contribution in [-0.4, -0.2) is 38.8 Å². The van der Waals surface area contributed by atoms with Crippen LogP contribution in [0.25, 0.3) is 0 Å². The molecule has 4 nitrogen and oxygen atoms in total. The van der Waals surface area contributed by atoms with Gasteiger partial charge in [-0.1, -0.05) is 6.92 Å². The van der Waals surface area contributed by atoms with Crippen LogP contribution in [0.1, 0.15) is 37.9 Å². The molecule has 1 heterocycles. The summed E-state index contributed by atoms with van der Waals surface area (Å²) in [5.41, 5.74) is 2.26. The number of likely N-dealkylation sites (N-methyl/N-ethyl adjacent to an activating group) is 1. The normalized spacial score (nSPS) is 16.1. The zero-order valence-corrected chi connectivity index (χ0v) is 12.9. The quantitative estimate of drug-likeness (QED) is 0.704. The van der Waals surface area contributed by atoms with E-state index < -0.39 is 0 Å². The van der Waals surface area contributed by atoms with Gasteiger partial charge in [-0.2, -0.15) is 0 Å². The SMILES string of the molecule is CCC(NC)c1ccc(N(C)CCOCC2CC2)cn1. The van der Waals surface area contributed by atoms with Crippen LogP contribution in [0.15, 0.2) is 18.3 Å². The summed E-state index contributed by atoms with van der Waals surface area (Å²) in [7, 11) is 4.07. The predicted molar refractivity (Wildman–Crippen MR) is 83.1 cm³/mol. The fourth-order valence-electron chi connectivity index (χ4n) is 2.26. The summed E-state index contributed by atoms with van der Waals surface area (Å²) >= 11 is 0. The average molecular weight is 277 g/mol. The molecule has 0 aromatic carbocycles. The summed E-state index contributed by atoms with van der Waals surface area (Å²) in [6.45, 7) is 4.81. The number of nitrogens with zero attached hydrogens (tertiary/aromatic N) is 2. The van der Waals surface area contributed by atoms with Crippen molar-refractivity contribution in [2.75, 3.05) is 38.8 Å². The molecule has 0 spiro atoms. The van der Waals surface area contributed by atoms with Gasteiger partial charge in [0.1, 0.15) is 0 Å². The Bertz CT molecular complexity index is 385. The van der Waals surface area contributed by atoms with Crippen molar-refractivity contribution in [3.8, 4) is 0 Å². The molecular weight excluding hydrogens is 250 g/mol. The van der Waals surface area contributed by atoms with Gasteiger partial charge in [0.25, 0.3) is 0 Å². The number of anilines is 1. The monoisotopic (exact) mass is 277 g/mol. The van der Waals surface area contributed by atoms with Gasteiger partial charge in [0.05, 0.1) is 24.2 Å². The van der Waals surface area contributed by atoms with Crippen LogP contribution in [0.2, 0.25) is 0 Å². The van der Waals surface area contributed by atoms with Gasteiger partial charge in [-0.3, -0.25) is 4.98 Å². The van der Waals surface area contributed by atoms with Crippen molar-refractivity contribution in [3.63, 3.8) is 0 Å². The molecule has 0 saturated heterocycles. The first-order chi connectivity index (χ1) is 9.74. The summed E-state index contributed by atoms with van der Waals surface area (Å²) in [5.74, 6) is 0.841. The first-order valence-corrected chi connectivity index (χ1v) is 7.66. The molecule has 112 valence electrons. The Hall–Kier alpha value is -1.13. The third-order valence-electron chi connectivity index (χ3n) is 3.95. The van der Waals surface area contributed by atoms with Crippen molar-refractivity contribution >= 4 is 5.69 Å². The molecule has 1 N–H and O–H groups in total. The fourth-order valence-corrected chi connectivity index (χ4v) is 2.26. The first kappa shape index (κ1) is 15.3. The fraction of sp³-hybridized carbons (Fsp3) is 0.688. The summed E-state index contributed by atoms with van der Waals surface area (Å²) in [5, 5.41) is 3.28. The van der Waals surface area contributed by atoms with E-state index in [1.54, 1.807) is 0 Å². The van der Waals surface area contributed by atoms with E-state index in [9.17, 15) is 0 Å². The van der Waals surface area contributed by atoms with Crippen LogP contribution in [0.5, 0.6) is 0 Å². The van der Waals surface area contributed by atoms with Crippen LogP contribution < -0.4 is 10.2 Å². The molecule has 1 aliphatic carbocycles. The molecule has 1 fully saturated rings. The third kappa shape index (κ3) is 4.46. The van der Waals surface area contributed by atoms with Crippen LogP contribution >= 0.6 is 0 Å². The topological polar surface area (TPSA) is 37.4 Å². The lowest BCUT2D eigenvalue weighted by Gasteiger charge is -2.20. The van der Waals surface area contributed by atoms with Gasteiger partial charge in [-0.15, -0.1) is 0 Å². The lowest BCUT2D eigenvalue weighted by atomic mass is 10.1. The summed E-state index contributed by atoms with van der Waals surface area (Å²) in [6.07, 6.45) is 5.71. The number of ether oxygens (including phenoxy) is 1. The van der Waals surface area contributed by atoms with Crippen LogP contribution in [-0.2, 0) is 4.74 Å². The van der Waals surface area contributed by atoms with E-state index in [1.165, 1.54) is 12.8 Å². The molecule has 20 heavy (non-hydrogen) atoms. The predicted octanol–water partition coefficient (Wildman–Crippen LogP) is 2.61. The standard InChI is InChI=1S/C16H27N3O/c1-4-15(17-2)16-8-7-14(11-18-16)19(3)9-10-20-12-13-5-6-13/h7-8,11,13,15,17H,4-6,9-10,12H2,1-3H3. The molecule has 1 atom stereocenters. The lowest BCUT2D eigenvalue weighted by Crippen LogP contribution is -2.23. The molecule has 2 rings (SSSR count). The zero-order chi connectivity index (χ0) is 14.4. The Balaban J connectivity index is 1.78. The minimum Gasteiger partial charge on any atom is -0.379 e. The minimum absolute atomic E-state index is 0.344. The molecule has 0 aliphatic heterocycles. The second-order valence-electron chi connectivity index (χ2n) is 5.63. The Morgan fingerprint density at radius 3 is 2.80 bits per heavy atom. The van der Waals surface area contributed by atoms with Crippen LogP contribution in [0.4, 0.5) is 5.69 Å². The molecular formula is C16H27N3O. The van der Waals surface area contributed by atoms with E-state index in [4.69, 9.17) is 4.74 Å². The Kier molecular flexibility index (Phi) is 5.80. The first-order valence-electron chi connectivity index (χ1n) is 7.66. The van der Waals surface area contributed by atoms with Gasteiger partial charge in [-0.25, -0.2) is 0 Å². The number of pyridine rings is 1. The molecule has 4 heteroatoms. The Morgan fingerprint density at radius 2 is 2.25 bits per heavy atom. The third-order valence-corrected chi connectivity index (χ3v) is 3.95. The number of hydrogen-bond donors (Lipinski definition) is 1. The number of hydrogen-bond acceptors (Lipinski definition) is 4. The summed E-state index contributed by atoms with van der Waals surface area (Å²) < 4.78 is 5.67. The highest BCUT2D eigenvalue weighted by Crippen LogP contribution is 2.28. The second kappa shape index (κ2) is 7.60. The zero-order valence-electron chi connectivity index (χ0n) is 12.9. The highest BCUT2D eigenvalue weighted by atomic mass is 16.5. The van der Waals surface area contributed by atoms with Gasteiger partial charge in [0, 0.05) is 26.2 Å². The van der Waals surface area contributed by atoms with E-state index >= 15 is 0 Å². The van der Waals surface area contributed by atoms with Crippen molar-refractivity contribution in [3.05, 3.63) is 24.0 Å². The molecule has 1 aliphatic rings. The van der Waals surface area contributed by atoms with E-state index in [0.29, 0.717) is 6.04 Å². The average Bonchev–Trinajstić information content (AvgIpc) is 3.29. The summed E-state index contributed by atoms with van der Waals surface area (Å²) in [4.78, 5) is 6.76. The van der Waals surface area contributed by atoms with E-state index in [2.05, 4.69) is 41.3 Å². The molecule has 1 aromatic heterocycles. The highest BCUT2D eigenvalue weighted by Gasteiger charge is 2.21. The van der Waals surface area contributed by atoms with E-state index in [0.717, 1.165) is 43.5 Å². The van der Waals surface area contributed by atoms with E-state index in [1.807, 2.05) is 13.2 Å². The summed E-state index contributed by atoms with van der Waals surface area (Å²) in [6, 6.07) is 4.60. The van der Waals surface area contributed by atoms with Crippen LogP contribution in [0, 0.1) is 5.92 Å². The highest BCUT2D eigenvalue weighted by molar-refractivity contribution is 5.43. The van der Waals surface area contributed by atoms with Gasteiger partial charge in [-0.05, 0) is 44.4 Å². The number of rotatable bonds is 9. The second-order valence-corrected chi connectivity index (χ2v) is 5.63. The van der Waals surface area contributed by atoms with Crippen molar-refractivity contribution < 1.29 is 4.74 Å². The van der Waals surface area contributed by atoms with Gasteiger partial charge < -0.3 is 15.0 Å². The van der Waals surface area contributed by atoms with Crippen molar-refractivity contribution in [1.29, 1.82) is 0 Å². The van der Waals surface area contributed by atoms with Crippen molar-refractivity contribution in [1.82, 2.24) is 10.3 Å². The Labute approximate surface area is 122 Å². The maximum Gasteiger partial charge on any atom is 0.0641 e. The molecule has 0 bridgehead atoms.